The van der Waals surface area contributed by atoms with E-state index in [2.05, 4.69) is 44.1 Å². The number of rotatable bonds is 12. The number of aliphatic hydroxyl groups is 2. The molecule has 0 fully saturated rings. The summed E-state index contributed by atoms with van der Waals surface area (Å²) in [6.07, 6.45) is 0.287. The summed E-state index contributed by atoms with van der Waals surface area (Å²) in [5, 5.41) is 25.4. The van der Waals surface area contributed by atoms with E-state index in [4.69, 9.17) is 0 Å². The Labute approximate surface area is 281 Å². The number of aromatic nitrogens is 5. The molecule has 0 spiro atoms. The van der Waals surface area contributed by atoms with Gasteiger partial charge in [-0.3, -0.25) is 4.79 Å². The van der Waals surface area contributed by atoms with Gasteiger partial charge in [0.1, 0.15) is 16.9 Å². The minimum atomic E-state index is -4.51. The second-order valence-electron chi connectivity index (χ2n) is 9.83. The Morgan fingerprint density at radius 3 is 2.19 bits per heavy atom. The molecule has 0 aromatic carbocycles. The van der Waals surface area contributed by atoms with Crippen LogP contribution >= 0.6 is 22.7 Å². The van der Waals surface area contributed by atoms with Crippen LogP contribution in [-0.4, -0.2) is 72.6 Å². The van der Waals surface area contributed by atoms with Crippen molar-refractivity contribution < 1.29 is 28.2 Å². The fourth-order valence-electron chi connectivity index (χ4n) is 3.62. The average molecular weight is 697 g/mol. The van der Waals surface area contributed by atoms with Crippen LogP contribution in [0.4, 0.5) is 30.1 Å². The van der Waals surface area contributed by atoms with Crippen molar-refractivity contribution in [3.8, 4) is 10.6 Å². The quantitative estimate of drug-likeness (QED) is 0.139. The highest BCUT2D eigenvalue weighted by atomic mass is 32.1. The van der Waals surface area contributed by atoms with Crippen molar-refractivity contribution in [2.45, 2.75) is 73.3 Å². The van der Waals surface area contributed by atoms with Crippen LogP contribution in [0.15, 0.2) is 36.1 Å². The van der Waals surface area contributed by atoms with E-state index >= 15 is 0 Å². The van der Waals surface area contributed by atoms with E-state index in [9.17, 15) is 28.2 Å². The van der Waals surface area contributed by atoms with Crippen LogP contribution in [0.1, 0.15) is 87.1 Å². The molecule has 3 N–H and O–H groups in total. The van der Waals surface area contributed by atoms with Crippen molar-refractivity contribution in [3.63, 3.8) is 0 Å². The summed E-state index contributed by atoms with van der Waals surface area (Å²) in [7, 11) is 1.64. The van der Waals surface area contributed by atoms with Crippen LogP contribution in [0.2, 0.25) is 0 Å². The molecule has 0 radical (unpaired) electrons. The molecule has 0 saturated heterocycles. The molecule has 1 atom stereocenters. The van der Waals surface area contributed by atoms with E-state index in [-0.39, 0.29) is 18.5 Å². The molecule has 258 valence electrons. The van der Waals surface area contributed by atoms with E-state index in [0.717, 1.165) is 12.4 Å². The Morgan fingerprint density at radius 1 is 1.02 bits per heavy atom. The predicted molar refractivity (Wildman–Crippen MR) is 181 cm³/mol. The molecule has 0 aliphatic carbocycles. The Hall–Kier alpha value is -3.73. The number of unbranched alkanes of at least 4 members (excludes halogenated alkanes) is 1. The fourth-order valence-corrected chi connectivity index (χ4v) is 5.37. The maximum absolute atomic E-state index is 13.1. The summed E-state index contributed by atoms with van der Waals surface area (Å²) in [5.74, 6) is 0.344. The zero-order valence-electron chi connectivity index (χ0n) is 27.7. The molecule has 0 bridgehead atoms. The number of pyridine rings is 1. The molecule has 11 nitrogen and oxygen atoms in total. The van der Waals surface area contributed by atoms with E-state index in [1.807, 2.05) is 26.2 Å². The van der Waals surface area contributed by atoms with Crippen molar-refractivity contribution in [2.24, 2.45) is 0 Å². The first kappa shape index (κ1) is 39.4. The van der Waals surface area contributed by atoms with Crippen LogP contribution < -0.4 is 10.2 Å². The number of thiazole rings is 2. The predicted octanol–water partition coefficient (Wildman–Crippen LogP) is 7.19. The fraction of sp³-hybridized carbons (Fsp3) is 0.484. The second-order valence-corrected chi connectivity index (χ2v) is 11.7. The molecule has 4 aromatic heterocycles. The molecule has 0 saturated carbocycles. The number of aliphatic hydroxyl groups excluding tert-OH is 2. The van der Waals surface area contributed by atoms with Gasteiger partial charge in [0.15, 0.2) is 5.13 Å². The monoisotopic (exact) mass is 696 g/mol. The van der Waals surface area contributed by atoms with Crippen molar-refractivity contribution in [1.29, 1.82) is 0 Å². The first-order valence-corrected chi connectivity index (χ1v) is 17.0. The highest BCUT2D eigenvalue weighted by Crippen LogP contribution is 2.35. The van der Waals surface area contributed by atoms with Crippen LogP contribution in [-0.2, 0) is 12.8 Å². The third-order valence-corrected chi connectivity index (χ3v) is 8.43. The number of alkyl halides is 3. The van der Waals surface area contributed by atoms with Gasteiger partial charge >= 0.3 is 6.18 Å². The van der Waals surface area contributed by atoms with Gasteiger partial charge in [-0.25, -0.2) is 24.9 Å². The van der Waals surface area contributed by atoms with E-state index in [1.54, 1.807) is 35.9 Å². The van der Waals surface area contributed by atoms with Crippen molar-refractivity contribution in [1.82, 2.24) is 29.8 Å². The molecule has 4 heterocycles. The van der Waals surface area contributed by atoms with Crippen LogP contribution in [0.5, 0.6) is 0 Å². The third kappa shape index (κ3) is 11.5. The number of hydrogen-bond donors (Lipinski definition) is 3. The Bertz CT molecular complexity index is 1500. The lowest BCUT2D eigenvalue weighted by Gasteiger charge is -2.24. The molecule has 47 heavy (non-hydrogen) atoms. The van der Waals surface area contributed by atoms with Gasteiger partial charge in [-0.15, -0.1) is 22.7 Å². The molecular formula is C31H43F3N8O3S2. The number of nitrogens with one attached hydrogen (secondary N) is 1. The molecule has 1 amide bonds. The summed E-state index contributed by atoms with van der Waals surface area (Å²) in [5.41, 5.74) is 0.501. The molecule has 16 heteroatoms. The summed E-state index contributed by atoms with van der Waals surface area (Å²) >= 11 is 2.60. The number of carbonyl (C=O) groups excluding carboxylic acids is 1. The lowest BCUT2D eigenvalue weighted by Crippen LogP contribution is -2.38. The lowest BCUT2D eigenvalue weighted by atomic mass is 10.2. The summed E-state index contributed by atoms with van der Waals surface area (Å²) in [6.45, 7) is 12.5. The topological polar surface area (TPSA) is 140 Å². The highest BCUT2D eigenvalue weighted by molar-refractivity contribution is 7.17. The standard InChI is InChI=1S/C25H27F3N8O3S2.C4H10.C2H6/c1-4-36(8-7-35(3)23-30-10-16(11-31-23)25(26,27)28)22(39)15-5-6-19(29-9-15)34-24-33-18(13-40-24)20-17(12-37)32-21(41-20)14(2)38;1-3-4-2;1-2/h5-6,9-11,13-14,37-38H,4,7-8,12H2,1-3H3,(H,29,33,34);3-4H2,1-2H3;1-2H3. The Kier molecular flexibility index (Phi) is 16.1. The summed E-state index contributed by atoms with van der Waals surface area (Å²) in [4.78, 5) is 37.6. The first-order chi connectivity index (χ1) is 22.4. The number of halogens is 3. The van der Waals surface area contributed by atoms with Crippen LogP contribution in [0, 0.1) is 0 Å². The van der Waals surface area contributed by atoms with Gasteiger partial charge in [0.05, 0.1) is 34.0 Å². The van der Waals surface area contributed by atoms with Gasteiger partial charge in [0.25, 0.3) is 5.91 Å². The number of carbonyl (C=O) groups is 1. The molecule has 4 rings (SSSR count). The van der Waals surface area contributed by atoms with Crippen LogP contribution in [0.3, 0.4) is 0 Å². The number of anilines is 3. The number of nitrogens with zero attached hydrogens (tertiary/aromatic N) is 7. The minimum absolute atomic E-state index is 0.121. The van der Waals surface area contributed by atoms with Gasteiger partial charge in [-0.2, -0.15) is 13.2 Å². The van der Waals surface area contributed by atoms with Gasteiger partial charge < -0.3 is 25.3 Å². The van der Waals surface area contributed by atoms with Gasteiger partial charge in [-0.1, -0.05) is 40.5 Å². The van der Waals surface area contributed by atoms with Gasteiger partial charge in [0.2, 0.25) is 5.95 Å². The first-order valence-electron chi connectivity index (χ1n) is 15.3. The number of likely N-dealkylation sites (N-methyl/N-ethyl adjacent to an activating group) is 2. The minimum Gasteiger partial charge on any atom is -0.390 e. The Balaban J connectivity index is 0.00000119. The van der Waals surface area contributed by atoms with Crippen molar-refractivity contribution in [3.05, 3.63) is 57.9 Å². The maximum Gasteiger partial charge on any atom is 0.419 e. The van der Waals surface area contributed by atoms with Crippen LogP contribution in [0.25, 0.3) is 10.6 Å². The smallest absolute Gasteiger partial charge is 0.390 e. The summed E-state index contributed by atoms with van der Waals surface area (Å²) < 4.78 is 38.3. The largest absolute Gasteiger partial charge is 0.419 e. The molecule has 4 aromatic rings. The van der Waals surface area contributed by atoms with E-state index in [1.165, 1.54) is 41.7 Å². The maximum atomic E-state index is 13.1. The molecular weight excluding hydrogens is 654 g/mol. The van der Waals surface area contributed by atoms with Gasteiger partial charge in [0, 0.05) is 50.7 Å². The zero-order valence-corrected chi connectivity index (χ0v) is 29.3. The molecule has 0 aliphatic rings. The second kappa shape index (κ2) is 19.2. The van der Waals surface area contributed by atoms with Gasteiger partial charge in [-0.05, 0) is 26.0 Å². The Morgan fingerprint density at radius 2 is 1.68 bits per heavy atom. The average Bonchev–Trinajstić information content (AvgIpc) is 3.73. The van der Waals surface area contributed by atoms with Crippen molar-refractivity contribution in [2.75, 3.05) is 36.9 Å². The number of hydrogen-bond acceptors (Lipinski definition) is 12. The SMILES string of the molecule is CC.CCCC.CCN(CCN(C)c1ncc(C(F)(F)F)cn1)C(=O)c1ccc(Nc2nc(-c3sc(C(C)O)nc3CO)cs2)nc1. The lowest BCUT2D eigenvalue weighted by molar-refractivity contribution is -0.138. The zero-order chi connectivity index (χ0) is 35.1. The van der Waals surface area contributed by atoms with Crippen molar-refractivity contribution >= 4 is 45.5 Å². The normalized spacial score (nSPS) is 11.5. The van der Waals surface area contributed by atoms with E-state index < -0.39 is 17.8 Å². The summed E-state index contributed by atoms with van der Waals surface area (Å²) in [6, 6.07) is 3.29. The van der Waals surface area contributed by atoms with E-state index in [0.29, 0.717) is 57.4 Å². The molecule has 1 unspecified atom stereocenters. The highest BCUT2D eigenvalue weighted by Gasteiger charge is 2.31. The third-order valence-electron chi connectivity index (χ3n) is 6.38. The molecule has 0 aliphatic heterocycles. The number of amides is 1.